The van der Waals surface area contributed by atoms with Crippen molar-refractivity contribution in [1.29, 1.82) is 0 Å². The van der Waals surface area contributed by atoms with Gasteiger partial charge in [-0.1, -0.05) is 30.3 Å². The minimum absolute atomic E-state index is 0.0142. The summed E-state index contributed by atoms with van der Waals surface area (Å²) >= 11 is 0. The van der Waals surface area contributed by atoms with E-state index in [1.165, 1.54) is 24.0 Å². The van der Waals surface area contributed by atoms with E-state index in [0.717, 1.165) is 31.4 Å². The molecular weight excluding hydrogens is 286 g/mol. The average Bonchev–Trinajstić information content (AvgIpc) is 3.30. The molecule has 120 valence electrons. The van der Waals surface area contributed by atoms with Crippen molar-refractivity contribution in [1.82, 2.24) is 0 Å². The van der Waals surface area contributed by atoms with Gasteiger partial charge in [-0.3, -0.25) is 9.79 Å². The molecule has 1 saturated carbocycles. The lowest BCUT2D eigenvalue weighted by Gasteiger charge is -2.29. The number of benzene rings is 1. The number of hydrogen-bond donors (Lipinski definition) is 0. The number of carbonyl (C=O) groups is 1. The summed E-state index contributed by atoms with van der Waals surface area (Å²) < 4.78 is 5.67. The van der Waals surface area contributed by atoms with Crippen LogP contribution in [0, 0.1) is 17.8 Å². The molecule has 1 aromatic rings. The Morgan fingerprint density at radius 1 is 1.17 bits per heavy atom. The molecule has 1 aliphatic heterocycles. The lowest BCUT2D eigenvalue weighted by molar-refractivity contribution is -0.153. The number of nitrogens with zero attached hydrogens (tertiary/aromatic N) is 1. The Morgan fingerprint density at radius 2 is 2.00 bits per heavy atom. The normalized spacial score (nSPS) is 24.4. The van der Waals surface area contributed by atoms with E-state index in [0.29, 0.717) is 18.4 Å². The van der Waals surface area contributed by atoms with Gasteiger partial charge in [-0.15, -0.1) is 0 Å². The molecule has 1 heterocycles. The fourth-order valence-corrected chi connectivity index (χ4v) is 4.00. The first-order valence-corrected chi connectivity index (χ1v) is 8.72. The Bertz CT molecular complexity index is 643. The van der Waals surface area contributed by atoms with Crippen molar-refractivity contribution in [2.24, 2.45) is 22.7 Å². The van der Waals surface area contributed by atoms with Crippen LogP contribution < -0.4 is 0 Å². The average molecular weight is 309 g/mol. The lowest BCUT2D eigenvalue weighted by atomic mass is 9.76. The highest BCUT2D eigenvalue weighted by Crippen LogP contribution is 2.46. The molecule has 1 fully saturated rings. The number of allylic oxidation sites excluding steroid dienone is 1. The van der Waals surface area contributed by atoms with Crippen molar-refractivity contribution in [3.8, 4) is 0 Å². The van der Waals surface area contributed by atoms with E-state index in [4.69, 9.17) is 4.74 Å². The van der Waals surface area contributed by atoms with Crippen LogP contribution in [-0.4, -0.2) is 18.7 Å². The van der Waals surface area contributed by atoms with Gasteiger partial charge in [-0.2, -0.15) is 0 Å². The van der Waals surface area contributed by atoms with Gasteiger partial charge in [0.25, 0.3) is 0 Å². The van der Waals surface area contributed by atoms with Crippen LogP contribution in [0.3, 0.4) is 0 Å². The molecular formula is C20H23NO2. The van der Waals surface area contributed by atoms with Crippen LogP contribution in [0.25, 0.3) is 0 Å². The fourth-order valence-electron chi connectivity index (χ4n) is 4.00. The first kappa shape index (κ1) is 14.7. The largest absolute Gasteiger partial charge is 0.461 e. The zero-order chi connectivity index (χ0) is 15.6. The van der Waals surface area contributed by atoms with E-state index in [-0.39, 0.29) is 11.9 Å². The summed E-state index contributed by atoms with van der Waals surface area (Å²) in [6.07, 6.45) is 7.63. The molecule has 2 unspecified atom stereocenters. The van der Waals surface area contributed by atoms with Crippen molar-refractivity contribution in [2.75, 3.05) is 6.54 Å². The summed E-state index contributed by atoms with van der Waals surface area (Å²) in [6, 6.07) is 9.96. The van der Waals surface area contributed by atoms with Crippen LogP contribution in [0.1, 0.15) is 37.7 Å². The van der Waals surface area contributed by atoms with Crippen LogP contribution in [0.15, 0.2) is 46.5 Å². The molecule has 4 rings (SSSR count). The van der Waals surface area contributed by atoms with Gasteiger partial charge in [0.05, 0.1) is 12.5 Å². The Morgan fingerprint density at radius 3 is 2.78 bits per heavy atom. The van der Waals surface area contributed by atoms with E-state index >= 15 is 0 Å². The number of carbonyl (C=O) groups excluding carboxylic acids is 1. The number of aliphatic imine (C=N–C) groups is 1. The minimum atomic E-state index is 0.0142. The Kier molecular flexibility index (Phi) is 4.02. The Labute approximate surface area is 137 Å². The van der Waals surface area contributed by atoms with Gasteiger partial charge >= 0.3 is 5.97 Å². The van der Waals surface area contributed by atoms with Crippen LogP contribution >= 0.6 is 0 Å². The summed E-state index contributed by atoms with van der Waals surface area (Å²) in [7, 11) is 0. The number of hydrogen-bond acceptors (Lipinski definition) is 3. The van der Waals surface area contributed by atoms with Gasteiger partial charge in [-0.25, -0.2) is 0 Å². The molecule has 0 amide bonds. The standard InChI is InChI=1S/C20H23NO2/c22-20(23-13-14-4-2-1-3-5-14)19(15-6-7-15)16-8-9-17-11-21-12-18(17)10-16/h1-5,12,15-16,19H,6-11,13H2. The van der Waals surface area contributed by atoms with Crippen molar-refractivity contribution in [3.63, 3.8) is 0 Å². The van der Waals surface area contributed by atoms with Gasteiger partial charge in [-0.05, 0) is 60.6 Å². The highest BCUT2D eigenvalue weighted by atomic mass is 16.5. The smallest absolute Gasteiger partial charge is 0.309 e. The van der Waals surface area contributed by atoms with E-state index in [2.05, 4.69) is 4.99 Å². The topological polar surface area (TPSA) is 38.7 Å². The van der Waals surface area contributed by atoms with Crippen LogP contribution in [0.2, 0.25) is 0 Å². The van der Waals surface area contributed by atoms with Gasteiger partial charge in [0.2, 0.25) is 0 Å². The maximum Gasteiger partial charge on any atom is 0.309 e. The van der Waals surface area contributed by atoms with E-state index in [9.17, 15) is 4.79 Å². The number of esters is 1. The van der Waals surface area contributed by atoms with Crippen LogP contribution in [-0.2, 0) is 16.1 Å². The second-order valence-corrected chi connectivity index (χ2v) is 7.06. The molecule has 0 bridgehead atoms. The van der Waals surface area contributed by atoms with E-state index < -0.39 is 0 Å². The molecule has 3 aliphatic rings. The maximum atomic E-state index is 12.7. The second kappa shape index (κ2) is 6.31. The molecule has 2 atom stereocenters. The second-order valence-electron chi connectivity index (χ2n) is 7.06. The van der Waals surface area contributed by atoms with Crippen molar-refractivity contribution in [3.05, 3.63) is 47.0 Å². The highest BCUT2D eigenvalue weighted by Gasteiger charge is 2.43. The van der Waals surface area contributed by atoms with Crippen molar-refractivity contribution in [2.45, 2.75) is 38.7 Å². The summed E-state index contributed by atoms with van der Waals surface area (Å²) in [6.45, 7) is 1.28. The van der Waals surface area contributed by atoms with E-state index in [1.807, 2.05) is 36.5 Å². The molecule has 3 nitrogen and oxygen atoms in total. The predicted octanol–water partition coefficient (Wildman–Crippen LogP) is 3.94. The first-order valence-electron chi connectivity index (χ1n) is 8.72. The van der Waals surface area contributed by atoms with E-state index in [1.54, 1.807) is 0 Å². The van der Waals surface area contributed by atoms with Gasteiger partial charge in [0, 0.05) is 6.21 Å². The minimum Gasteiger partial charge on any atom is -0.461 e. The lowest BCUT2D eigenvalue weighted by Crippen LogP contribution is -2.30. The molecule has 23 heavy (non-hydrogen) atoms. The molecule has 1 aromatic carbocycles. The monoisotopic (exact) mass is 309 g/mol. The molecule has 0 aromatic heterocycles. The number of ether oxygens (including phenoxy) is 1. The maximum absolute atomic E-state index is 12.7. The quantitative estimate of drug-likeness (QED) is 0.773. The highest BCUT2D eigenvalue weighted by molar-refractivity contribution is 5.83. The summed E-state index contributed by atoms with van der Waals surface area (Å²) in [5, 5.41) is 0. The summed E-state index contributed by atoms with van der Waals surface area (Å²) in [5.41, 5.74) is 3.95. The van der Waals surface area contributed by atoms with Crippen molar-refractivity contribution < 1.29 is 9.53 Å². The van der Waals surface area contributed by atoms with Gasteiger partial charge in [0.1, 0.15) is 6.61 Å². The zero-order valence-corrected chi connectivity index (χ0v) is 13.4. The molecule has 0 N–H and O–H groups in total. The van der Waals surface area contributed by atoms with Crippen LogP contribution in [0.5, 0.6) is 0 Å². The third-order valence-electron chi connectivity index (χ3n) is 5.42. The molecule has 2 aliphatic carbocycles. The SMILES string of the molecule is O=C(OCc1ccccc1)C(C1CC1)C1CCC2=C(C=NC2)C1. The molecule has 0 saturated heterocycles. The Hall–Kier alpha value is -1.90. The first-order chi connectivity index (χ1) is 11.3. The summed E-state index contributed by atoms with van der Waals surface area (Å²) in [4.78, 5) is 17.1. The molecule has 3 heteroatoms. The predicted molar refractivity (Wildman–Crippen MR) is 90.2 cm³/mol. The van der Waals surface area contributed by atoms with Crippen LogP contribution in [0.4, 0.5) is 0 Å². The van der Waals surface area contributed by atoms with Crippen molar-refractivity contribution >= 4 is 12.2 Å². The number of rotatable bonds is 5. The Balaban J connectivity index is 1.41. The molecule has 0 radical (unpaired) electrons. The zero-order valence-electron chi connectivity index (χ0n) is 13.4. The summed E-state index contributed by atoms with van der Waals surface area (Å²) in [5.74, 6) is 1.08. The van der Waals surface area contributed by atoms with Gasteiger partial charge in [0.15, 0.2) is 0 Å². The molecule has 0 spiro atoms. The third-order valence-corrected chi connectivity index (χ3v) is 5.42. The fraction of sp³-hybridized carbons (Fsp3) is 0.500. The van der Waals surface area contributed by atoms with Gasteiger partial charge < -0.3 is 4.74 Å². The third kappa shape index (κ3) is 3.24.